The molecule has 0 spiro atoms. The Morgan fingerprint density at radius 2 is 1.43 bits per heavy atom. The monoisotopic (exact) mass is 502 g/mol. The van der Waals surface area contributed by atoms with Crippen molar-refractivity contribution in [3.8, 4) is 5.75 Å². The summed E-state index contributed by atoms with van der Waals surface area (Å²) in [6.07, 6.45) is -0.467. The van der Waals surface area contributed by atoms with Crippen LogP contribution in [0.15, 0.2) is 77.7 Å². The topological polar surface area (TPSA) is 59.1 Å². The summed E-state index contributed by atoms with van der Waals surface area (Å²) in [6, 6.07) is 18.6. The zero-order valence-corrected chi connectivity index (χ0v) is 20.3. The van der Waals surface area contributed by atoms with Crippen LogP contribution in [0.1, 0.15) is 17.2 Å². The second-order valence-electron chi connectivity index (χ2n) is 8.28. The van der Waals surface area contributed by atoms with E-state index in [-0.39, 0.29) is 16.5 Å². The van der Waals surface area contributed by atoms with E-state index >= 15 is 0 Å². The van der Waals surface area contributed by atoms with Gasteiger partial charge in [-0.15, -0.1) is 0 Å². The van der Waals surface area contributed by atoms with Gasteiger partial charge in [-0.3, -0.25) is 4.90 Å². The third-order valence-electron chi connectivity index (χ3n) is 6.05. The third-order valence-corrected chi connectivity index (χ3v) is 7.94. The molecule has 0 atom stereocenters. The summed E-state index contributed by atoms with van der Waals surface area (Å²) >= 11 is 0. The van der Waals surface area contributed by atoms with Crippen molar-refractivity contribution in [1.29, 1.82) is 0 Å². The van der Waals surface area contributed by atoms with Crippen LogP contribution in [-0.4, -0.2) is 64.1 Å². The summed E-state index contributed by atoms with van der Waals surface area (Å²) in [7, 11) is -2.09. The summed E-state index contributed by atoms with van der Waals surface area (Å²) < 4.78 is 65.6. The molecule has 35 heavy (non-hydrogen) atoms. The van der Waals surface area contributed by atoms with Crippen molar-refractivity contribution < 1.29 is 26.7 Å². The summed E-state index contributed by atoms with van der Waals surface area (Å²) in [5.74, 6) is -0.180. The molecule has 0 bridgehead atoms. The Balaban J connectivity index is 1.34. The fourth-order valence-electron chi connectivity index (χ4n) is 4.06. The molecule has 3 aromatic carbocycles. The van der Waals surface area contributed by atoms with Gasteiger partial charge in [-0.05, 0) is 47.5 Å². The number of methoxy groups -OCH3 is 1. The number of piperazine rings is 1. The van der Waals surface area contributed by atoms with Gasteiger partial charge in [0.05, 0.1) is 18.6 Å². The number of rotatable bonds is 9. The molecule has 0 aliphatic carbocycles. The molecule has 0 radical (unpaired) electrons. The molecule has 0 amide bonds. The van der Waals surface area contributed by atoms with Gasteiger partial charge in [0, 0.05) is 38.8 Å². The minimum atomic E-state index is -3.60. The number of nitrogens with zero attached hydrogens (tertiary/aromatic N) is 2. The fraction of sp³-hybridized carbons (Fsp3) is 0.308. The van der Waals surface area contributed by atoms with Crippen LogP contribution in [0.4, 0.5) is 8.78 Å². The van der Waals surface area contributed by atoms with Gasteiger partial charge in [-0.25, -0.2) is 17.2 Å². The first-order chi connectivity index (χ1) is 16.9. The van der Waals surface area contributed by atoms with Crippen molar-refractivity contribution in [3.63, 3.8) is 0 Å². The van der Waals surface area contributed by atoms with Crippen LogP contribution in [-0.2, 0) is 14.8 Å². The van der Waals surface area contributed by atoms with Gasteiger partial charge in [0.1, 0.15) is 23.5 Å². The number of hydrogen-bond acceptors (Lipinski definition) is 5. The van der Waals surface area contributed by atoms with E-state index in [0.29, 0.717) is 45.1 Å². The Kier molecular flexibility index (Phi) is 8.12. The summed E-state index contributed by atoms with van der Waals surface area (Å²) in [5, 5.41) is 0. The van der Waals surface area contributed by atoms with Crippen LogP contribution in [0.25, 0.3) is 0 Å². The molecule has 0 aromatic heterocycles. The number of sulfonamides is 1. The van der Waals surface area contributed by atoms with Crippen LogP contribution in [0.3, 0.4) is 0 Å². The van der Waals surface area contributed by atoms with Crippen molar-refractivity contribution in [3.05, 3.63) is 95.6 Å². The second-order valence-corrected chi connectivity index (χ2v) is 10.2. The molecule has 1 fully saturated rings. The minimum Gasteiger partial charge on any atom is -0.497 e. The fourth-order valence-corrected chi connectivity index (χ4v) is 5.52. The van der Waals surface area contributed by atoms with Crippen molar-refractivity contribution in [1.82, 2.24) is 9.21 Å². The molecule has 1 aliphatic rings. The smallest absolute Gasteiger partial charge is 0.243 e. The molecule has 1 aliphatic heterocycles. The van der Waals surface area contributed by atoms with Gasteiger partial charge >= 0.3 is 0 Å². The van der Waals surface area contributed by atoms with Crippen molar-refractivity contribution >= 4 is 10.0 Å². The average Bonchev–Trinajstić information content (AvgIpc) is 2.88. The first-order valence-electron chi connectivity index (χ1n) is 11.4. The van der Waals surface area contributed by atoms with Crippen LogP contribution < -0.4 is 4.74 Å². The molecule has 3 aromatic rings. The maximum Gasteiger partial charge on any atom is 0.243 e. The highest BCUT2D eigenvalue weighted by Gasteiger charge is 2.29. The first kappa shape index (κ1) is 25.2. The number of hydrogen-bond donors (Lipinski definition) is 0. The molecule has 9 heteroatoms. The maximum atomic E-state index is 13.4. The Bertz CT molecular complexity index is 1170. The van der Waals surface area contributed by atoms with Gasteiger partial charge in [-0.1, -0.05) is 30.3 Å². The maximum absolute atomic E-state index is 13.4. The SMILES string of the molecule is COc1cccc(S(=O)(=O)N2CCN(CCOC(c3ccc(F)cc3)c3ccc(F)cc3)CC2)c1. The molecule has 6 nitrogen and oxygen atoms in total. The van der Waals surface area contributed by atoms with E-state index in [1.54, 1.807) is 42.5 Å². The third kappa shape index (κ3) is 6.24. The summed E-state index contributed by atoms with van der Waals surface area (Å²) in [6.45, 7) is 2.88. The van der Waals surface area contributed by atoms with Gasteiger partial charge < -0.3 is 9.47 Å². The molecule has 1 saturated heterocycles. The zero-order chi connectivity index (χ0) is 24.8. The van der Waals surface area contributed by atoms with Crippen LogP contribution >= 0.6 is 0 Å². The molecule has 4 rings (SSSR count). The Labute approximate surface area is 204 Å². The highest BCUT2D eigenvalue weighted by molar-refractivity contribution is 7.89. The second kappa shape index (κ2) is 11.3. The van der Waals surface area contributed by atoms with Crippen LogP contribution in [0, 0.1) is 11.6 Å². The molecular formula is C26H28F2N2O4S. The quantitative estimate of drug-likeness (QED) is 0.441. The standard InChI is InChI=1S/C26H28F2N2O4S/c1-33-24-3-2-4-25(19-24)35(31,32)30-15-13-29(14-16-30)17-18-34-26(20-5-9-22(27)10-6-20)21-7-11-23(28)12-8-21/h2-12,19,26H,13-18H2,1H3. The number of halogens is 2. The Morgan fingerprint density at radius 3 is 1.97 bits per heavy atom. The van der Waals surface area contributed by atoms with Gasteiger partial charge in [0.25, 0.3) is 0 Å². The molecule has 0 saturated carbocycles. The Hall–Kier alpha value is -2.85. The lowest BCUT2D eigenvalue weighted by molar-refractivity contribution is 0.0526. The van der Waals surface area contributed by atoms with Gasteiger partial charge in [-0.2, -0.15) is 4.31 Å². The predicted octanol–water partition coefficient (Wildman–Crippen LogP) is 4.09. The first-order valence-corrected chi connectivity index (χ1v) is 12.8. The van der Waals surface area contributed by atoms with Gasteiger partial charge in [0.2, 0.25) is 10.0 Å². The van der Waals surface area contributed by atoms with E-state index in [9.17, 15) is 17.2 Å². The van der Waals surface area contributed by atoms with E-state index in [1.807, 2.05) is 0 Å². The lowest BCUT2D eigenvalue weighted by Gasteiger charge is -2.34. The minimum absolute atomic E-state index is 0.218. The molecule has 186 valence electrons. The molecule has 0 unspecified atom stereocenters. The van der Waals surface area contributed by atoms with Crippen molar-refractivity contribution in [2.24, 2.45) is 0 Å². The van der Waals surface area contributed by atoms with Crippen LogP contribution in [0.2, 0.25) is 0 Å². The number of ether oxygens (including phenoxy) is 2. The largest absolute Gasteiger partial charge is 0.497 e. The van der Waals surface area contributed by atoms with Crippen molar-refractivity contribution in [2.45, 2.75) is 11.0 Å². The van der Waals surface area contributed by atoms with E-state index in [0.717, 1.165) is 11.1 Å². The summed E-state index contributed by atoms with van der Waals surface area (Å²) in [4.78, 5) is 2.36. The molecule has 1 heterocycles. The lowest BCUT2D eigenvalue weighted by atomic mass is 10.0. The van der Waals surface area contributed by atoms with Gasteiger partial charge in [0.15, 0.2) is 0 Å². The van der Waals surface area contributed by atoms with E-state index in [4.69, 9.17) is 9.47 Å². The van der Waals surface area contributed by atoms with E-state index in [2.05, 4.69) is 4.90 Å². The average molecular weight is 503 g/mol. The normalized spacial score (nSPS) is 15.4. The number of benzene rings is 3. The highest BCUT2D eigenvalue weighted by atomic mass is 32.2. The van der Waals surface area contributed by atoms with E-state index in [1.165, 1.54) is 41.7 Å². The summed E-state index contributed by atoms with van der Waals surface area (Å²) in [5.41, 5.74) is 1.54. The predicted molar refractivity (Wildman–Crippen MR) is 129 cm³/mol. The van der Waals surface area contributed by atoms with E-state index < -0.39 is 16.1 Å². The van der Waals surface area contributed by atoms with Crippen molar-refractivity contribution in [2.75, 3.05) is 46.4 Å². The van der Waals surface area contributed by atoms with Crippen LogP contribution in [0.5, 0.6) is 5.75 Å². The zero-order valence-electron chi connectivity index (χ0n) is 19.4. The lowest BCUT2D eigenvalue weighted by Crippen LogP contribution is -2.49. The molecule has 0 N–H and O–H groups in total. The highest BCUT2D eigenvalue weighted by Crippen LogP contribution is 2.27. The Morgan fingerprint density at radius 1 is 0.857 bits per heavy atom. The molecular weight excluding hydrogens is 474 g/mol.